The van der Waals surface area contributed by atoms with E-state index in [0.717, 1.165) is 33.9 Å². The molecule has 1 aromatic carbocycles. The topological polar surface area (TPSA) is 87.3 Å². The second-order valence-corrected chi connectivity index (χ2v) is 9.58. The predicted molar refractivity (Wildman–Crippen MR) is 128 cm³/mol. The Bertz CT molecular complexity index is 1170. The average molecular weight is 475 g/mol. The Balaban J connectivity index is 1.41. The lowest BCUT2D eigenvalue weighted by atomic mass is 10.0. The van der Waals surface area contributed by atoms with E-state index in [9.17, 15) is 9.59 Å². The molecule has 9 heteroatoms. The van der Waals surface area contributed by atoms with Crippen molar-refractivity contribution >= 4 is 39.1 Å². The van der Waals surface area contributed by atoms with Gasteiger partial charge >= 0.3 is 0 Å². The summed E-state index contributed by atoms with van der Waals surface area (Å²) in [6, 6.07) is 7.72. The van der Waals surface area contributed by atoms with Crippen molar-refractivity contribution in [3.63, 3.8) is 0 Å². The monoisotopic (exact) mass is 474 g/mol. The molecule has 1 fully saturated rings. The highest BCUT2D eigenvalue weighted by Gasteiger charge is 2.25. The van der Waals surface area contributed by atoms with Gasteiger partial charge in [0.15, 0.2) is 0 Å². The summed E-state index contributed by atoms with van der Waals surface area (Å²) in [6.45, 7) is 7.28. The first-order valence-electron chi connectivity index (χ1n) is 10.8. The zero-order chi connectivity index (χ0) is 22.7. The molecule has 4 rings (SSSR count). The number of thiophene rings is 1. The van der Waals surface area contributed by atoms with Crippen LogP contribution in [0.5, 0.6) is 0 Å². The second kappa shape index (κ2) is 10.1. The highest BCUT2D eigenvalue weighted by molar-refractivity contribution is 7.18. The molecule has 0 spiro atoms. The smallest absolute Gasteiger partial charge is 0.259 e. The van der Waals surface area contributed by atoms with Crippen LogP contribution in [0.2, 0.25) is 5.02 Å². The predicted octanol–water partition coefficient (Wildman–Crippen LogP) is 3.38. The van der Waals surface area contributed by atoms with Crippen LogP contribution in [-0.2, 0) is 16.0 Å². The summed E-state index contributed by atoms with van der Waals surface area (Å²) >= 11 is 7.97. The number of aromatic amines is 1. The summed E-state index contributed by atoms with van der Waals surface area (Å²) in [5, 5.41) is 4.38. The maximum Gasteiger partial charge on any atom is 0.259 e. The lowest BCUT2D eigenvalue weighted by Gasteiger charge is -2.35. The molecule has 7 nitrogen and oxygen atoms in total. The van der Waals surface area contributed by atoms with Crippen LogP contribution in [-0.4, -0.2) is 53.6 Å². The normalized spacial score (nSPS) is 15.7. The molecule has 0 saturated carbocycles. The Labute approximate surface area is 195 Å². The molecule has 1 atom stereocenters. The minimum absolute atomic E-state index is 0.0251. The van der Waals surface area contributed by atoms with Crippen molar-refractivity contribution in [1.29, 1.82) is 0 Å². The summed E-state index contributed by atoms with van der Waals surface area (Å²) in [5.41, 5.74) is 1.83. The molecule has 1 aliphatic rings. The number of aromatic nitrogens is 2. The van der Waals surface area contributed by atoms with Crippen molar-refractivity contribution in [2.45, 2.75) is 32.7 Å². The number of morpholine rings is 1. The fourth-order valence-corrected chi connectivity index (χ4v) is 5.33. The summed E-state index contributed by atoms with van der Waals surface area (Å²) in [5.74, 6) is 0.450. The summed E-state index contributed by atoms with van der Waals surface area (Å²) < 4.78 is 5.48. The van der Waals surface area contributed by atoms with E-state index in [-0.39, 0.29) is 23.9 Å². The second-order valence-electron chi connectivity index (χ2n) is 7.97. The number of hydrogen-bond donors (Lipinski definition) is 2. The SMILES string of the molecule is Cc1sc2nc(CCC(=O)NCC(c3ccccc3Cl)N3CCOCC3)[nH]c(=O)c2c1C. The maximum absolute atomic E-state index is 12.6. The molecule has 170 valence electrons. The van der Waals surface area contributed by atoms with Crippen LogP contribution in [0.1, 0.15) is 34.3 Å². The van der Waals surface area contributed by atoms with Crippen molar-refractivity contribution in [3.8, 4) is 0 Å². The molecular formula is C23H27ClN4O3S. The molecule has 0 aliphatic carbocycles. The number of benzene rings is 1. The zero-order valence-corrected chi connectivity index (χ0v) is 19.8. The van der Waals surface area contributed by atoms with E-state index >= 15 is 0 Å². The Hall–Kier alpha value is -2.26. The number of halogens is 1. The van der Waals surface area contributed by atoms with Crippen LogP contribution in [0.25, 0.3) is 10.2 Å². The first-order valence-corrected chi connectivity index (χ1v) is 12.0. The highest BCUT2D eigenvalue weighted by Crippen LogP contribution is 2.28. The van der Waals surface area contributed by atoms with Gasteiger partial charge in [-0.1, -0.05) is 29.8 Å². The molecule has 1 unspecified atom stereocenters. The minimum atomic E-state index is -0.140. The van der Waals surface area contributed by atoms with E-state index in [2.05, 4.69) is 20.2 Å². The van der Waals surface area contributed by atoms with E-state index in [4.69, 9.17) is 16.3 Å². The fraction of sp³-hybridized carbons (Fsp3) is 0.435. The summed E-state index contributed by atoms with van der Waals surface area (Å²) in [4.78, 5) is 36.6. The van der Waals surface area contributed by atoms with Crippen molar-refractivity contribution < 1.29 is 9.53 Å². The van der Waals surface area contributed by atoms with Gasteiger partial charge in [0.25, 0.3) is 5.56 Å². The molecule has 3 aromatic rings. The van der Waals surface area contributed by atoms with Gasteiger partial charge in [-0.15, -0.1) is 11.3 Å². The van der Waals surface area contributed by atoms with E-state index in [0.29, 0.717) is 42.4 Å². The van der Waals surface area contributed by atoms with Crippen LogP contribution in [0.3, 0.4) is 0 Å². The fourth-order valence-electron chi connectivity index (χ4n) is 4.02. The first-order chi connectivity index (χ1) is 15.4. The number of carbonyl (C=O) groups is 1. The van der Waals surface area contributed by atoms with E-state index in [1.165, 1.54) is 11.3 Å². The van der Waals surface area contributed by atoms with Crippen molar-refractivity contribution in [3.05, 3.63) is 61.5 Å². The Morgan fingerprint density at radius 3 is 2.81 bits per heavy atom. The number of aryl methyl sites for hydroxylation is 3. The third-order valence-corrected chi connectivity index (χ3v) is 7.37. The van der Waals surface area contributed by atoms with Crippen LogP contribution in [0.15, 0.2) is 29.1 Å². The number of nitrogens with one attached hydrogen (secondary N) is 2. The number of nitrogens with zero attached hydrogens (tertiary/aromatic N) is 2. The average Bonchev–Trinajstić information content (AvgIpc) is 3.08. The largest absolute Gasteiger partial charge is 0.379 e. The van der Waals surface area contributed by atoms with E-state index < -0.39 is 0 Å². The third kappa shape index (κ3) is 5.04. The lowest BCUT2D eigenvalue weighted by molar-refractivity contribution is -0.121. The van der Waals surface area contributed by atoms with Gasteiger partial charge in [-0.25, -0.2) is 4.98 Å². The van der Waals surface area contributed by atoms with Gasteiger partial charge in [0.2, 0.25) is 5.91 Å². The van der Waals surface area contributed by atoms with Crippen molar-refractivity contribution in [2.75, 3.05) is 32.8 Å². The Kier molecular flexibility index (Phi) is 7.25. The minimum Gasteiger partial charge on any atom is -0.379 e. The van der Waals surface area contributed by atoms with Crippen LogP contribution in [0.4, 0.5) is 0 Å². The van der Waals surface area contributed by atoms with Gasteiger partial charge in [0.1, 0.15) is 10.7 Å². The number of fused-ring (bicyclic) bond motifs is 1. The summed E-state index contributed by atoms with van der Waals surface area (Å²) in [6.07, 6.45) is 0.622. The van der Waals surface area contributed by atoms with Crippen molar-refractivity contribution in [1.82, 2.24) is 20.2 Å². The van der Waals surface area contributed by atoms with Gasteiger partial charge in [-0.3, -0.25) is 14.5 Å². The van der Waals surface area contributed by atoms with Crippen LogP contribution >= 0.6 is 22.9 Å². The van der Waals surface area contributed by atoms with E-state index in [1.807, 2.05) is 38.1 Å². The Morgan fingerprint density at radius 2 is 2.06 bits per heavy atom. The zero-order valence-electron chi connectivity index (χ0n) is 18.2. The summed E-state index contributed by atoms with van der Waals surface area (Å²) in [7, 11) is 0. The lowest BCUT2D eigenvalue weighted by Crippen LogP contribution is -2.44. The van der Waals surface area contributed by atoms with Crippen LogP contribution < -0.4 is 10.9 Å². The Morgan fingerprint density at radius 1 is 1.31 bits per heavy atom. The maximum atomic E-state index is 12.6. The molecule has 0 radical (unpaired) electrons. The number of hydrogen-bond acceptors (Lipinski definition) is 6. The number of rotatable bonds is 7. The van der Waals surface area contributed by atoms with E-state index in [1.54, 1.807) is 0 Å². The highest BCUT2D eigenvalue weighted by atomic mass is 35.5. The van der Waals surface area contributed by atoms with Crippen molar-refractivity contribution in [2.24, 2.45) is 0 Å². The molecule has 1 saturated heterocycles. The first kappa shape index (κ1) is 22.9. The molecule has 2 aromatic heterocycles. The van der Waals surface area contributed by atoms with Gasteiger partial charge < -0.3 is 15.0 Å². The molecule has 0 bridgehead atoms. The molecular weight excluding hydrogens is 448 g/mol. The quantitative estimate of drug-likeness (QED) is 0.548. The standard InChI is InChI=1S/C23H27ClN4O3S/c1-14-15(2)32-23-21(14)22(30)26-19(27-23)7-8-20(29)25-13-18(28-9-11-31-12-10-28)16-5-3-4-6-17(16)24/h3-6,18H,7-13H2,1-2H3,(H,25,29)(H,26,27,30). The molecule has 2 N–H and O–H groups in total. The molecule has 1 amide bonds. The van der Waals surface area contributed by atoms with Gasteiger partial charge in [-0.2, -0.15) is 0 Å². The number of carbonyl (C=O) groups excluding carboxylic acids is 1. The van der Waals surface area contributed by atoms with Gasteiger partial charge in [-0.05, 0) is 31.0 Å². The van der Waals surface area contributed by atoms with Gasteiger partial charge in [0, 0.05) is 42.4 Å². The molecule has 1 aliphatic heterocycles. The number of H-pyrrole nitrogens is 1. The number of ether oxygens (including phenoxy) is 1. The van der Waals surface area contributed by atoms with Gasteiger partial charge in [0.05, 0.1) is 24.6 Å². The third-order valence-electron chi connectivity index (χ3n) is 5.92. The number of amides is 1. The van der Waals surface area contributed by atoms with Crippen LogP contribution in [0, 0.1) is 13.8 Å². The molecule has 3 heterocycles. The molecule has 32 heavy (non-hydrogen) atoms.